The molecule has 0 saturated carbocycles. The number of aliphatic hydroxyl groups is 1. The quantitative estimate of drug-likeness (QED) is 0.467. The molecule has 0 aliphatic carbocycles. The van der Waals surface area contributed by atoms with E-state index in [0.717, 1.165) is 0 Å². The summed E-state index contributed by atoms with van der Waals surface area (Å²) >= 11 is 0. The first-order valence-corrected chi connectivity index (χ1v) is 4.30. The molecule has 14 heavy (non-hydrogen) atoms. The summed E-state index contributed by atoms with van der Waals surface area (Å²) < 4.78 is 0. The van der Waals surface area contributed by atoms with Crippen molar-refractivity contribution in [1.82, 2.24) is 0 Å². The lowest BCUT2D eigenvalue weighted by atomic mass is 10.1. The maximum Gasteiger partial charge on any atom is 0.372 e. The molecule has 0 amide bonds. The summed E-state index contributed by atoms with van der Waals surface area (Å²) in [6.45, 7) is 2.90. The second-order valence-electron chi connectivity index (χ2n) is 2.90. The minimum absolute atomic E-state index is 0.109. The van der Waals surface area contributed by atoms with E-state index in [4.69, 9.17) is 10.8 Å². The molecule has 6 heteroatoms. The molecule has 2 unspecified atom stereocenters. The Bertz CT molecular complexity index is 206. The van der Waals surface area contributed by atoms with Gasteiger partial charge in [0, 0.05) is 18.9 Å². The normalized spacial score (nSPS) is 14.3. The van der Waals surface area contributed by atoms with Crippen molar-refractivity contribution < 1.29 is 24.5 Å². The third kappa shape index (κ3) is 4.20. The Morgan fingerprint density at radius 3 is 2.43 bits per heavy atom. The Balaban J connectivity index is 3.90. The van der Waals surface area contributed by atoms with Crippen LogP contribution in [0.2, 0.25) is 0 Å². The summed E-state index contributed by atoms with van der Waals surface area (Å²) in [5.74, 6) is -1.96. The SMILES string of the molecule is CCC(=O)OOC(=O)C(N)C(C)CO. The molecule has 0 radical (unpaired) electrons. The van der Waals surface area contributed by atoms with E-state index in [1.54, 1.807) is 13.8 Å². The van der Waals surface area contributed by atoms with Gasteiger partial charge in [0.2, 0.25) is 0 Å². The van der Waals surface area contributed by atoms with Crippen molar-refractivity contribution >= 4 is 11.9 Å². The predicted molar refractivity (Wildman–Crippen MR) is 46.7 cm³/mol. The highest BCUT2D eigenvalue weighted by Gasteiger charge is 2.23. The average Bonchev–Trinajstić information content (AvgIpc) is 2.22. The van der Waals surface area contributed by atoms with Crippen LogP contribution in [0, 0.1) is 5.92 Å². The molecule has 0 aromatic rings. The van der Waals surface area contributed by atoms with E-state index < -0.39 is 23.9 Å². The van der Waals surface area contributed by atoms with Crippen LogP contribution in [0.4, 0.5) is 0 Å². The molecule has 0 spiro atoms. The first-order chi connectivity index (χ1) is 6.52. The first-order valence-electron chi connectivity index (χ1n) is 4.30. The zero-order valence-electron chi connectivity index (χ0n) is 8.23. The molecule has 0 aromatic heterocycles. The van der Waals surface area contributed by atoms with E-state index in [0.29, 0.717) is 0 Å². The molecule has 0 aliphatic heterocycles. The van der Waals surface area contributed by atoms with Crippen molar-refractivity contribution in [2.75, 3.05) is 6.61 Å². The topological polar surface area (TPSA) is 98.9 Å². The Morgan fingerprint density at radius 1 is 1.43 bits per heavy atom. The Kier molecular flexibility index (Phi) is 5.82. The monoisotopic (exact) mass is 205 g/mol. The van der Waals surface area contributed by atoms with Crippen LogP contribution in [0.15, 0.2) is 0 Å². The van der Waals surface area contributed by atoms with Crippen molar-refractivity contribution in [3.8, 4) is 0 Å². The van der Waals surface area contributed by atoms with Crippen LogP contribution in [0.25, 0.3) is 0 Å². The molecule has 3 N–H and O–H groups in total. The Labute approximate surface area is 81.9 Å². The molecular weight excluding hydrogens is 190 g/mol. The lowest BCUT2D eigenvalue weighted by molar-refractivity contribution is -0.260. The second-order valence-corrected chi connectivity index (χ2v) is 2.90. The van der Waals surface area contributed by atoms with Gasteiger partial charge in [-0.15, -0.1) is 0 Å². The van der Waals surface area contributed by atoms with Gasteiger partial charge in [0.1, 0.15) is 6.04 Å². The van der Waals surface area contributed by atoms with Crippen molar-refractivity contribution in [2.45, 2.75) is 26.3 Å². The highest BCUT2D eigenvalue weighted by atomic mass is 17.2. The zero-order valence-corrected chi connectivity index (χ0v) is 8.23. The van der Waals surface area contributed by atoms with E-state index in [1.807, 2.05) is 0 Å². The highest BCUT2D eigenvalue weighted by molar-refractivity contribution is 5.77. The van der Waals surface area contributed by atoms with Gasteiger partial charge in [0.05, 0.1) is 0 Å². The van der Waals surface area contributed by atoms with Crippen molar-refractivity contribution in [3.05, 3.63) is 0 Å². The molecule has 0 bridgehead atoms. The van der Waals surface area contributed by atoms with Gasteiger partial charge in [-0.3, -0.25) is 0 Å². The number of carbonyl (C=O) groups excluding carboxylic acids is 2. The summed E-state index contributed by atoms with van der Waals surface area (Å²) in [5.41, 5.74) is 5.37. The fourth-order valence-electron chi connectivity index (χ4n) is 0.548. The fraction of sp³-hybridized carbons (Fsp3) is 0.750. The third-order valence-electron chi connectivity index (χ3n) is 1.68. The van der Waals surface area contributed by atoms with E-state index >= 15 is 0 Å². The largest absolute Gasteiger partial charge is 0.396 e. The molecule has 0 rings (SSSR count). The molecule has 0 heterocycles. The number of rotatable bonds is 4. The third-order valence-corrected chi connectivity index (χ3v) is 1.68. The van der Waals surface area contributed by atoms with Crippen molar-refractivity contribution in [2.24, 2.45) is 11.7 Å². The number of carbonyl (C=O) groups is 2. The van der Waals surface area contributed by atoms with Crippen LogP contribution >= 0.6 is 0 Å². The second kappa shape index (κ2) is 6.33. The van der Waals surface area contributed by atoms with Crippen LogP contribution in [0.1, 0.15) is 20.3 Å². The molecule has 0 aromatic carbocycles. The zero-order chi connectivity index (χ0) is 11.1. The Hall–Kier alpha value is -1.14. The van der Waals surface area contributed by atoms with E-state index in [1.165, 1.54) is 0 Å². The van der Waals surface area contributed by atoms with Gasteiger partial charge in [-0.25, -0.2) is 19.4 Å². The standard InChI is InChI=1S/C8H15NO5/c1-3-6(11)13-14-8(12)7(9)5(2)4-10/h5,7,10H,3-4,9H2,1-2H3. The number of aliphatic hydroxyl groups excluding tert-OH is 1. The Morgan fingerprint density at radius 2 is 2.00 bits per heavy atom. The summed E-state index contributed by atoms with van der Waals surface area (Å²) in [6, 6.07) is -0.996. The lowest BCUT2D eigenvalue weighted by Gasteiger charge is -2.14. The number of hydrogen-bond acceptors (Lipinski definition) is 6. The van der Waals surface area contributed by atoms with Gasteiger partial charge in [-0.1, -0.05) is 13.8 Å². The predicted octanol–water partition coefficient (Wildman–Crippen LogP) is -0.646. The number of nitrogens with two attached hydrogens (primary N) is 1. The van der Waals surface area contributed by atoms with Gasteiger partial charge in [-0.05, 0) is 0 Å². The van der Waals surface area contributed by atoms with Crippen LogP contribution in [-0.2, 0) is 19.4 Å². The first kappa shape index (κ1) is 12.9. The van der Waals surface area contributed by atoms with Crippen LogP contribution in [0.3, 0.4) is 0 Å². The van der Waals surface area contributed by atoms with Crippen LogP contribution < -0.4 is 5.73 Å². The summed E-state index contributed by atoms with van der Waals surface area (Å²) in [5, 5.41) is 8.68. The van der Waals surface area contributed by atoms with Crippen molar-refractivity contribution in [3.63, 3.8) is 0 Å². The molecule has 6 nitrogen and oxygen atoms in total. The minimum Gasteiger partial charge on any atom is -0.396 e. The summed E-state index contributed by atoms with van der Waals surface area (Å²) in [4.78, 5) is 29.9. The van der Waals surface area contributed by atoms with Crippen LogP contribution in [0.5, 0.6) is 0 Å². The molecule has 2 atom stereocenters. The van der Waals surface area contributed by atoms with Gasteiger partial charge in [-0.2, -0.15) is 0 Å². The lowest BCUT2D eigenvalue weighted by Crippen LogP contribution is -2.40. The van der Waals surface area contributed by atoms with Gasteiger partial charge >= 0.3 is 11.9 Å². The van der Waals surface area contributed by atoms with E-state index in [9.17, 15) is 9.59 Å². The average molecular weight is 205 g/mol. The maximum absolute atomic E-state index is 11.0. The van der Waals surface area contributed by atoms with Gasteiger partial charge in [0.25, 0.3) is 0 Å². The maximum atomic E-state index is 11.0. The van der Waals surface area contributed by atoms with Crippen molar-refractivity contribution in [1.29, 1.82) is 0 Å². The van der Waals surface area contributed by atoms with Gasteiger partial charge in [0.15, 0.2) is 0 Å². The van der Waals surface area contributed by atoms with Gasteiger partial charge < -0.3 is 10.8 Å². The molecule has 0 fully saturated rings. The summed E-state index contributed by atoms with van der Waals surface area (Å²) in [7, 11) is 0. The molecule has 0 saturated heterocycles. The fourth-order valence-corrected chi connectivity index (χ4v) is 0.548. The minimum atomic E-state index is -0.996. The highest BCUT2D eigenvalue weighted by Crippen LogP contribution is 2.01. The smallest absolute Gasteiger partial charge is 0.372 e. The molecule has 0 aliphatic rings. The van der Waals surface area contributed by atoms with E-state index in [2.05, 4.69) is 9.78 Å². The summed E-state index contributed by atoms with van der Waals surface area (Å²) in [6.07, 6.45) is 0.109. The van der Waals surface area contributed by atoms with Crippen LogP contribution in [-0.4, -0.2) is 29.7 Å². The van der Waals surface area contributed by atoms with E-state index in [-0.39, 0.29) is 13.0 Å². The molecule has 82 valence electrons. The molecular formula is C8H15NO5. The number of hydrogen-bond donors (Lipinski definition) is 2.